The Hall–Kier alpha value is -2.02. The molecule has 0 aliphatic heterocycles. The number of hydrogen-bond donors (Lipinski definition) is 2. The summed E-state index contributed by atoms with van der Waals surface area (Å²) in [5.41, 5.74) is 8.78. The van der Waals surface area contributed by atoms with Crippen molar-refractivity contribution in [2.75, 3.05) is 10.5 Å². The van der Waals surface area contributed by atoms with E-state index < -0.39 is 10.0 Å². The van der Waals surface area contributed by atoms with Crippen molar-refractivity contribution in [3.8, 4) is 0 Å². The average Bonchev–Trinajstić information content (AvgIpc) is 2.73. The minimum atomic E-state index is -3.74. The molecule has 2 rings (SSSR count). The zero-order valence-corrected chi connectivity index (χ0v) is 13.5. The minimum absolute atomic E-state index is 0.133. The summed E-state index contributed by atoms with van der Waals surface area (Å²) in [6.07, 6.45) is 2.29. The zero-order valence-electron chi connectivity index (χ0n) is 12.6. The molecule has 1 heterocycles. The molecular weight excluding hydrogens is 288 g/mol. The second-order valence-electron chi connectivity index (χ2n) is 5.06. The van der Waals surface area contributed by atoms with Gasteiger partial charge in [0.15, 0.2) is 0 Å². The Morgan fingerprint density at radius 1 is 1.29 bits per heavy atom. The number of nitrogens with one attached hydrogen (secondary N) is 1. The maximum atomic E-state index is 12.6. The molecule has 0 atom stereocenters. The van der Waals surface area contributed by atoms with Gasteiger partial charge in [-0.2, -0.15) is 5.10 Å². The molecule has 0 unspecified atom stereocenters. The van der Waals surface area contributed by atoms with Gasteiger partial charge in [0.1, 0.15) is 4.90 Å². The van der Waals surface area contributed by atoms with Crippen LogP contribution in [0, 0.1) is 13.8 Å². The molecule has 0 bridgehead atoms. The lowest BCUT2D eigenvalue weighted by molar-refractivity contribution is 0.601. The van der Waals surface area contributed by atoms with Crippen molar-refractivity contribution >= 4 is 21.4 Å². The van der Waals surface area contributed by atoms with Crippen molar-refractivity contribution in [3.05, 3.63) is 35.2 Å². The molecule has 114 valence electrons. The molecule has 1 aromatic carbocycles. The first-order valence-corrected chi connectivity index (χ1v) is 8.15. The number of nitrogens with zero attached hydrogens (tertiary/aromatic N) is 2. The summed E-state index contributed by atoms with van der Waals surface area (Å²) in [7, 11) is -1.99. The summed E-state index contributed by atoms with van der Waals surface area (Å²) >= 11 is 0. The molecule has 0 aliphatic rings. The van der Waals surface area contributed by atoms with Crippen LogP contribution < -0.4 is 10.5 Å². The average molecular weight is 308 g/mol. The van der Waals surface area contributed by atoms with Crippen LogP contribution in [0.5, 0.6) is 0 Å². The maximum Gasteiger partial charge on any atom is 0.264 e. The predicted octanol–water partition coefficient (Wildman–Crippen LogP) is 1.98. The Balaban J connectivity index is 2.51. The first-order chi connectivity index (χ1) is 9.76. The van der Waals surface area contributed by atoms with E-state index in [1.165, 1.54) is 0 Å². The molecule has 0 spiro atoms. The van der Waals surface area contributed by atoms with Crippen LogP contribution in [0.4, 0.5) is 11.4 Å². The fourth-order valence-corrected chi connectivity index (χ4v) is 3.74. The van der Waals surface area contributed by atoms with Crippen molar-refractivity contribution in [3.63, 3.8) is 0 Å². The minimum Gasteiger partial charge on any atom is -0.397 e. The van der Waals surface area contributed by atoms with Gasteiger partial charge in [-0.05, 0) is 31.4 Å². The van der Waals surface area contributed by atoms with Crippen LogP contribution in [0.1, 0.15) is 23.7 Å². The summed E-state index contributed by atoms with van der Waals surface area (Å²) < 4.78 is 29.5. The van der Waals surface area contributed by atoms with Crippen molar-refractivity contribution in [2.24, 2.45) is 7.05 Å². The predicted molar refractivity (Wildman–Crippen MR) is 83.7 cm³/mol. The van der Waals surface area contributed by atoms with E-state index in [9.17, 15) is 8.42 Å². The van der Waals surface area contributed by atoms with E-state index in [1.807, 2.05) is 13.0 Å². The van der Waals surface area contributed by atoms with E-state index in [2.05, 4.69) is 9.82 Å². The Morgan fingerprint density at radius 2 is 1.90 bits per heavy atom. The summed E-state index contributed by atoms with van der Waals surface area (Å²) in [6.45, 7) is 5.44. The molecule has 2 aromatic rings. The van der Waals surface area contributed by atoms with Gasteiger partial charge in [-0.15, -0.1) is 0 Å². The molecule has 21 heavy (non-hydrogen) atoms. The zero-order chi connectivity index (χ0) is 15.8. The van der Waals surface area contributed by atoms with Crippen LogP contribution in [0.15, 0.2) is 23.2 Å². The molecule has 0 saturated heterocycles. The van der Waals surface area contributed by atoms with Gasteiger partial charge in [-0.3, -0.25) is 9.40 Å². The number of nitrogens with two attached hydrogens (primary N) is 1. The van der Waals surface area contributed by atoms with Crippen LogP contribution in [-0.4, -0.2) is 18.2 Å². The Morgan fingerprint density at radius 3 is 2.52 bits per heavy atom. The maximum absolute atomic E-state index is 12.6. The summed E-state index contributed by atoms with van der Waals surface area (Å²) in [4.78, 5) is 0.133. The number of rotatable bonds is 4. The van der Waals surface area contributed by atoms with E-state index >= 15 is 0 Å². The van der Waals surface area contributed by atoms with E-state index in [0.717, 1.165) is 5.56 Å². The number of sulfonamides is 1. The fourth-order valence-electron chi connectivity index (χ4n) is 2.24. The number of benzene rings is 1. The highest BCUT2D eigenvalue weighted by Crippen LogP contribution is 2.28. The van der Waals surface area contributed by atoms with Crippen LogP contribution in [0.3, 0.4) is 0 Å². The number of aromatic nitrogens is 2. The van der Waals surface area contributed by atoms with Gasteiger partial charge < -0.3 is 5.73 Å². The van der Waals surface area contributed by atoms with Gasteiger partial charge in [-0.1, -0.05) is 19.1 Å². The van der Waals surface area contributed by atoms with Gasteiger partial charge in [0.25, 0.3) is 10.0 Å². The molecule has 0 amide bonds. The first-order valence-electron chi connectivity index (χ1n) is 6.67. The molecule has 0 aliphatic carbocycles. The first kappa shape index (κ1) is 15.4. The highest BCUT2D eigenvalue weighted by molar-refractivity contribution is 7.93. The number of hydrogen-bond acceptors (Lipinski definition) is 4. The Bertz CT molecular complexity index is 779. The highest BCUT2D eigenvalue weighted by atomic mass is 32.2. The monoisotopic (exact) mass is 308 g/mol. The SMILES string of the molecule is CCc1nn(C)cc1NS(=O)(=O)c1c(C)ccc(C)c1N. The second-order valence-corrected chi connectivity index (χ2v) is 6.68. The van der Waals surface area contributed by atoms with E-state index in [0.29, 0.717) is 23.4 Å². The van der Waals surface area contributed by atoms with Crippen LogP contribution in [-0.2, 0) is 23.5 Å². The van der Waals surface area contributed by atoms with Crippen molar-refractivity contribution < 1.29 is 8.42 Å². The van der Waals surface area contributed by atoms with Gasteiger partial charge in [0, 0.05) is 13.2 Å². The topological polar surface area (TPSA) is 90.0 Å². The summed E-state index contributed by atoms with van der Waals surface area (Å²) in [5.74, 6) is 0. The van der Waals surface area contributed by atoms with Crippen molar-refractivity contribution in [1.29, 1.82) is 0 Å². The molecular formula is C14H20N4O2S. The molecule has 3 N–H and O–H groups in total. The lowest BCUT2D eigenvalue weighted by atomic mass is 10.1. The van der Waals surface area contributed by atoms with E-state index in [1.54, 1.807) is 37.8 Å². The lowest BCUT2D eigenvalue weighted by Crippen LogP contribution is -2.17. The number of nitrogen functional groups attached to an aromatic ring is 1. The second kappa shape index (κ2) is 5.40. The standard InChI is InChI=1S/C14H20N4O2S/c1-5-11-12(8-18(4)16-11)17-21(19,20)14-10(3)7-6-9(2)13(14)15/h6-8,17H,5,15H2,1-4H3. The van der Waals surface area contributed by atoms with Gasteiger partial charge in [0.05, 0.1) is 17.1 Å². The van der Waals surface area contributed by atoms with Crippen LogP contribution in [0.25, 0.3) is 0 Å². The smallest absolute Gasteiger partial charge is 0.264 e. The third-order valence-electron chi connectivity index (χ3n) is 3.36. The number of anilines is 2. The lowest BCUT2D eigenvalue weighted by Gasteiger charge is -2.14. The van der Waals surface area contributed by atoms with Gasteiger partial charge in [0.2, 0.25) is 0 Å². The third-order valence-corrected chi connectivity index (χ3v) is 4.93. The normalized spacial score (nSPS) is 11.6. The molecule has 0 radical (unpaired) electrons. The molecule has 6 nitrogen and oxygen atoms in total. The summed E-state index contributed by atoms with van der Waals surface area (Å²) in [5, 5.41) is 4.23. The third kappa shape index (κ3) is 2.87. The van der Waals surface area contributed by atoms with Crippen LogP contribution in [0.2, 0.25) is 0 Å². The highest BCUT2D eigenvalue weighted by Gasteiger charge is 2.23. The quantitative estimate of drug-likeness (QED) is 0.845. The Labute approximate surface area is 125 Å². The van der Waals surface area contributed by atoms with E-state index in [-0.39, 0.29) is 10.6 Å². The van der Waals surface area contributed by atoms with Gasteiger partial charge in [-0.25, -0.2) is 8.42 Å². The number of aryl methyl sites for hydroxylation is 4. The summed E-state index contributed by atoms with van der Waals surface area (Å²) in [6, 6.07) is 3.56. The van der Waals surface area contributed by atoms with E-state index in [4.69, 9.17) is 5.73 Å². The van der Waals surface area contributed by atoms with Crippen molar-refractivity contribution in [1.82, 2.24) is 9.78 Å². The molecule has 0 saturated carbocycles. The largest absolute Gasteiger partial charge is 0.397 e. The molecule has 0 fully saturated rings. The van der Waals surface area contributed by atoms with Crippen LogP contribution >= 0.6 is 0 Å². The molecule has 7 heteroatoms. The Kier molecular flexibility index (Phi) is 3.95. The fraction of sp³-hybridized carbons (Fsp3) is 0.357. The molecule has 1 aromatic heterocycles. The van der Waals surface area contributed by atoms with Gasteiger partial charge >= 0.3 is 0 Å². The van der Waals surface area contributed by atoms with Crippen molar-refractivity contribution in [2.45, 2.75) is 32.1 Å².